The monoisotopic (exact) mass is 554 g/mol. The number of carbonyl (C=O) groups excluding carboxylic acids is 2. The van der Waals surface area contributed by atoms with Crippen LogP contribution in [0, 0.1) is 0 Å². The smallest absolute Gasteiger partial charge is 0.418 e. The van der Waals surface area contributed by atoms with E-state index in [4.69, 9.17) is 16.7 Å². The lowest BCUT2D eigenvalue weighted by Gasteiger charge is -2.26. The number of anilines is 2. The molecule has 10 nitrogen and oxygen atoms in total. The number of benzene rings is 2. The van der Waals surface area contributed by atoms with Gasteiger partial charge in [0.15, 0.2) is 5.13 Å². The summed E-state index contributed by atoms with van der Waals surface area (Å²) in [7, 11) is 0. The number of alkyl halides is 3. The summed E-state index contributed by atoms with van der Waals surface area (Å²) in [6.07, 6.45) is -3.28. The number of nitrogens with one attached hydrogen (secondary N) is 4. The number of aromatic nitrogens is 3. The molecular weight excluding hydrogens is 537 g/mol. The Balaban J connectivity index is 1.58. The van der Waals surface area contributed by atoms with Crippen LogP contribution in [0.1, 0.15) is 29.8 Å². The van der Waals surface area contributed by atoms with Crippen LogP contribution in [0.5, 0.6) is 0 Å². The van der Waals surface area contributed by atoms with E-state index in [9.17, 15) is 27.6 Å². The van der Waals surface area contributed by atoms with Gasteiger partial charge in [0.05, 0.1) is 38.1 Å². The summed E-state index contributed by atoms with van der Waals surface area (Å²) < 4.78 is 41.1. The zero-order valence-corrected chi connectivity index (χ0v) is 20.7. The number of aromatic amines is 1. The van der Waals surface area contributed by atoms with Gasteiger partial charge in [-0.05, 0) is 38.1 Å². The fourth-order valence-electron chi connectivity index (χ4n) is 3.45. The molecule has 0 spiro atoms. The van der Waals surface area contributed by atoms with E-state index >= 15 is 0 Å². The third kappa shape index (κ3) is 5.44. The predicted octanol–water partition coefficient (Wildman–Crippen LogP) is 4.49. The number of amides is 2. The minimum Gasteiger partial charge on any atom is -0.480 e. The standard InChI is InChI=1S/C22H18ClF3N6O4S/c1-21(2,31-9-3-4-13(23)10(5-9)18(35)27-8-15(33)34)19(36)30-20-29-16-12(22(24,25)26)6-14-11(7-28-32-14)17(16)37-20/h3-7,31H,8H2,1-2H3,(H,27,35)(H,28,32)(H,33,34)(H,29,30,36). The zero-order valence-electron chi connectivity index (χ0n) is 19.1. The number of aliphatic carboxylic acids is 1. The maximum Gasteiger partial charge on any atom is 0.418 e. The molecule has 0 bridgehead atoms. The van der Waals surface area contributed by atoms with E-state index in [1.165, 1.54) is 38.2 Å². The van der Waals surface area contributed by atoms with Crippen LogP contribution in [0.2, 0.25) is 5.02 Å². The van der Waals surface area contributed by atoms with Gasteiger partial charge in [-0.2, -0.15) is 18.3 Å². The molecule has 0 atom stereocenters. The van der Waals surface area contributed by atoms with Crippen molar-refractivity contribution >= 4 is 72.7 Å². The Morgan fingerprint density at radius 3 is 2.59 bits per heavy atom. The second-order valence-electron chi connectivity index (χ2n) is 8.43. The lowest BCUT2D eigenvalue weighted by Crippen LogP contribution is -2.44. The number of halogens is 4. The van der Waals surface area contributed by atoms with E-state index in [-0.39, 0.29) is 31.5 Å². The highest BCUT2D eigenvalue weighted by molar-refractivity contribution is 7.23. The van der Waals surface area contributed by atoms with Gasteiger partial charge in [-0.3, -0.25) is 24.8 Å². The Morgan fingerprint density at radius 2 is 1.92 bits per heavy atom. The quantitative estimate of drug-likeness (QED) is 0.226. The molecule has 0 aliphatic rings. The Morgan fingerprint density at radius 1 is 1.19 bits per heavy atom. The first-order valence-corrected chi connectivity index (χ1v) is 11.7. The maximum absolute atomic E-state index is 13.6. The molecule has 0 saturated heterocycles. The van der Waals surface area contributed by atoms with Crippen LogP contribution in [0.25, 0.3) is 21.1 Å². The summed E-state index contributed by atoms with van der Waals surface area (Å²) in [5.74, 6) is -2.57. The average molecular weight is 555 g/mol. The zero-order chi connectivity index (χ0) is 27.1. The predicted molar refractivity (Wildman–Crippen MR) is 132 cm³/mol. The Hall–Kier alpha value is -3.91. The molecule has 194 valence electrons. The van der Waals surface area contributed by atoms with Crippen LogP contribution in [0.4, 0.5) is 24.0 Å². The van der Waals surface area contributed by atoms with Crippen molar-refractivity contribution in [1.29, 1.82) is 0 Å². The van der Waals surface area contributed by atoms with Gasteiger partial charge in [-0.25, -0.2) is 4.98 Å². The molecule has 2 aromatic carbocycles. The number of H-pyrrole nitrogens is 1. The van der Waals surface area contributed by atoms with E-state index in [0.717, 1.165) is 17.4 Å². The lowest BCUT2D eigenvalue weighted by atomic mass is 10.0. The Bertz CT molecular complexity index is 1550. The molecule has 4 aromatic rings. The molecule has 37 heavy (non-hydrogen) atoms. The second kappa shape index (κ2) is 9.52. The van der Waals surface area contributed by atoms with Crippen molar-refractivity contribution in [2.75, 3.05) is 17.2 Å². The molecule has 0 aliphatic heterocycles. The van der Waals surface area contributed by atoms with Gasteiger partial charge in [-0.1, -0.05) is 22.9 Å². The van der Waals surface area contributed by atoms with Gasteiger partial charge in [0, 0.05) is 11.1 Å². The molecule has 15 heteroatoms. The maximum atomic E-state index is 13.6. The fraction of sp³-hybridized carbons (Fsp3) is 0.227. The highest BCUT2D eigenvalue weighted by atomic mass is 35.5. The van der Waals surface area contributed by atoms with Crippen molar-refractivity contribution < 1.29 is 32.7 Å². The number of carboxylic acid groups (broad SMARTS) is 1. The number of hydrogen-bond acceptors (Lipinski definition) is 7. The summed E-state index contributed by atoms with van der Waals surface area (Å²) in [5, 5.41) is 23.2. The summed E-state index contributed by atoms with van der Waals surface area (Å²) in [4.78, 5) is 40.1. The number of hydrogen-bond donors (Lipinski definition) is 5. The third-order valence-corrected chi connectivity index (χ3v) is 6.58. The highest BCUT2D eigenvalue weighted by Crippen LogP contribution is 2.41. The van der Waals surface area contributed by atoms with Gasteiger partial charge < -0.3 is 15.7 Å². The largest absolute Gasteiger partial charge is 0.480 e. The SMILES string of the molecule is CC(C)(Nc1ccc(Cl)c(C(=O)NCC(=O)O)c1)C(=O)Nc1nc2c(C(F)(F)F)cc3[nH]ncc3c2s1. The molecular formula is C22H18ClF3N6O4S. The molecule has 2 heterocycles. The van der Waals surface area contributed by atoms with Crippen molar-refractivity contribution in [3.05, 3.63) is 46.6 Å². The first-order chi connectivity index (χ1) is 17.3. The summed E-state index contributed by atoms with van der Waals surface area (Å²) >= 11 is 6.93. The fourth-order valence-corrected chi connectivity index (χ4v) is 4.66. The number of rotatable bonds is 7. The van der Waals surface area contributed by atoms with Gasteiger partial charge in [0.25, 0.3) is 11.8 Å². The van der Waals surface area contributed by atoms with Gasteiger partial charge in [0.2, 0.25) is 0 Å². The van der Waals surface area contributed by atoms with E-state index in [1.54, 1.807) is 0 Å². The molecule has 2 amide bonds. The van der Waals surface area contributed by atoms with E-state index in [2.05, 4.69) is 31.1 Å². The first-order valence-electron chi connectivity index (χ1n) is 10.5. The number of thiazole rings is 1. The number of carboxylic acids is 1. The highest BCUT2D eigenvalue weighted by Gasteiger charge is 2.36. The van der Waals surface area contributed by atoms with Crippen LogP contribution in [0.15, 0.2) is 30.5 Å². The first kappa shape index (κ1) is 26.2. The Kier molecular flexibility index (Phi) is 6.73. The number of carbonyl (C=O) groups is 3. The summed E-state index contributed by atoms with van der Waals surface area (Å²) in [6, 6.07) is 5.17. The van der Waals surface area contributed by atoms with Crippen molar-refractivity contribution in [2.45, 2.75) is 25.6 Å². The van der Waals surface area contributed by atoms with Gasteiger partial charge in [-0.15, -0.1) is 0 Å². The van der Waals surface area contributed by atoms with E-state index in [1.807, 2.05) is 0 Å². The lowest BCUT2D eigenvalue weighted by molar-refractivity contribution is -0.137. The second-order valence-corrected chi connectivity index (χ2v) is 9.83. The minimum atomic E-state index is -4.67. The van der Waals surface area contributed by atoms with E-state index < -0.39 is 41.6 Å². The number of nitrogens with zero attached hydrogens (tertiary/aromatic N) is 2. The summed E-state index contributed by atoms with van der Waals surface area (Å²) in [5.41, 5.74) is -2.09. The topological polar surface area (TPSA) is 149 Å². The van der Waals surface area contributed by atoms with Crippen molar-refractivity contribution in [3.8, 4) is 0 Å². The van der Waals surface area contributed by atoms with Gasteiger partial charge in [0.1, 0.15) is 12.1 Å². The third-order valence-electron chi connectivity index (χ3n) is 5.25. The number of fused-ring (bicyclic) bond motifs is 3. The molecule has 0 radical (unpaired) electrons. The van der Waals surface area contributed by atoms with E-state index in [0.29, 0.717) is 11.1 Å². The van der Waals surface area contributed by atoms with Crippen molar-refractivity contribution in [2.24, 2.45) is 0 Å². The van der Waals surface area contributed by atoms with Crippen molar-refractivity contribution in [3.63, 3.8) is 0 Å². The average Bonchev–Trinajstić information content (AvgIpc) is 3.43. The molecule has 2 aromatic heterocycles. The minimum absolute atomic E-state index is 0.0147. The van der Waals surface area contributed by atoms with Gasteiger partial charge >= 0.3 is 12.1 Å². The molecule has 0 fully saturated rings. The van der Waals surface area contributed by atoms with Crippen LogP contribution < -0.4 is 16.0 Å². The molecule has 0 saturated carbocycles. The van der Waals surface area contributed by atoms with Crippen molar-refractivity contribution in [1.82, 2.24) is 20.5 Å². The molecule has 0 unspecified atom stereocenters. The van der Waals surface area contributed by atoms with Crippen LogP contribution in [-0.2, 0) is 15.8 Å². The molecule has 4 rings (SSSR count). The Labute approximate surface area is 215 Å². The van der Waals surface area contributed by atoms with Crippen LogP contribution >= 0.6 is 22.9 Å². The normalized spacial score (nSPS) is 12.1. The molecule has 0 aliphatic carbocycles. The van der Waals surface area contributed by atoms with Crippen LogP contribution in [0.3, 0.4) is 0 Å². The molecule has 5 N–H and O–H groups in total. The van der Waals surface area contributed by atoms with Crippen LogP contribution in [-0.4, -0.2) is 50.2 Å². The summed E-state index contributed by atoms with van der Waals surface area (Å²) in [6.45, 7) is 2.43.